The van der Waals surface area contributed by atoms with E-state index in [0.29, 0.717) is 0 Å². The van der Waals surface area contributed by atoms with E-state index in [-0.39, 0.29) is 30.5 Å². The number of carboxylic acids is 1. The maximum absolute atomic E-state index is 12.7. The van der Waals surface area contributed by atoms with Gasteiger partial charge in [-0.1, -0.05) is 12.1 Å². The molecule has 0 saturated carbocycles. The fourth-order valence-corrected chi connectivity index (χ4v) is 1.64. The van der Waals surface area contributed by atoms with E-state index in [9.17, 15) is 14.0 Å². The van der Waals surface area contributed by atoms with Crippen LogP contribution in [0, 0.1) is 5.82 Å². The van der Waals surface area contributed by atoms with Gasteiger partial charge in [-0.3, -0.25) is 4.79 Å². The summed E-state index contributed by atoms with van der Waals surface area (Å²) in [5.74, 6) is -1.86. The third-order valence-corrected chi connectivity index (χ3v) is 2.63. The quantitative estimate of drug-likeness (QED) is 0.855. The first kappa shape index (κ1) is 13.7. The molecule has 1 amide bonds. The molecule has 104 valence electrons. The first-order valence-corrected chi connectivity index (χ1v) is 5.82. The number of nitrogens with one attached hydrogen (secondary N) is 1. The van der Waals surface area contributed by atoms with Crippen LogP contribution >= 0.6 is 0 Å². The van der Waals surface area contributed by atoms with E-state index in [1.54, 1.807) is 12.1 Å². The molecule has 0 saturated heterocycles. The van der Waals surface area contributed by atoms with Crippen LogP contribution < -0.4 is 5.32 Å². The van der Waals surface area contributed by atoms with Crippen molar-refractivity contribution in [3.8, 4) is 0 Å². The molecule has 0 aliphatic carbocycles. The number of aromatic carboxylic acids is 1. The van der Waals surface area contributed by atoms with Crippen molar-refractivity contribution in [3.63, 3.8) is 0 Å². The Morgan fingerprint density at radius 1 is 1.25 bits per heavy atom. The third kappa shape index (κ3) is 3.41. The van der Waals surface area contributed by atoms with Gasteiger partial charge in [0.25, 0.3) is 0 Å². The molecule has 0 radical (unpaired) electrons. The number of hydrogen-bond donors (Lipinski definition) is 2. The molecule has 0 bridgehead atoms. The first-order valence-electron chi connectivity index (χ1n) is 5.82. The fraction of sp³-hybridized carbons (Fsp3) is 0.154. The highest BCUT2D eigenvalue weighted by Gasteiger charge is 2.12. The second-order valence-corrected chi connectivity index (χ2v) is 4.08. The van der Waals surface area contributed by atoms with Gasteiger partial charge in [0.1, 0.15) is 18.1 Å². The molecule has 0 aliphatic heterocycles. The van der Waals surface area contributed by atoms with Crippen molar-refractivity contribution >= 4 is 11.9 Å². The minimum atomic E-state index is -1.14. The summed E-state index contributed by atoms with van der Waals surface area (Å²) in [5, 5.41) is 15.3. The van der Waals surface area contributed by atoms with Gasteiger partial charge in [0.15, 0.2) is 0 Å². The minimum absolute atomic E-state index is 0.0538. The van der Waals surface area contributed by atoms with Gasteiger partial charge in [-0.2, -0.15) is 5.10 Å². The largest absolute Gasteiger partial charge is 0.477 e. The standard InChI is InChI=1S/C13H12FN3O3/c14-10-3-1-9(2-4-10)7-15-12(18)8-17-11(13(19)20)5-6-16-17/h1-6H,7-8H2,(H,15,18)(H,19,20). The second kappa shape index (κ2) is 5.96. The number of aromatic nitrogens is 2. The van der Waals surface area contributed by atoms with E-state index in [1.165, 1.54) is 24.4 Å². The van der Waals surface area contributed by atoms with Gasteiger partial charge in [0, 0.05) is 12.7 Å². The predicted molar refractivity (Wildman–Crippen MR) is 67.4 cm³/mol. The normalized spacial score (nSPS) is 10.2. The highest BCUT2D eigenvalue weighted by molar-refractivity contribution is 5.86. The van der Waals surface area contributed by atoms with Crippen LogP contribution in [0.3, 0.4) is 0 Å². The van der Waals surface area contributed by atoms with E-state index >= 15 is 0 Å². The minimum Gasteiger partial charge on any atom is -0.477 e. The average molecular weight is 277 g/mol. The topological polar surface area (TPSA) is 84.2 Å². The predicted octanol–water partition coefficient (Wildman–Crippen LogP) is 1.04. The Morgan fingerprint density at radius 2 is 1.95 bits per heavy atom. The Bertz CT molecular complexity index is 622. The zero-order valence-corrected chi connectivity index (χ0v) is 10.4. The van der Waals surface area contributed by atoms with Crippen molar-refractivity contribution < 1.29 is 19.1 Å². The Labute approximate surface area is 113 Å². The van der Waals surface area contributed by atoms with Gasteiger partial charge in [-0.25, -0.2) is 13.9 Å². The number of hydrogen-bond acceptors (Lipinski definition) is 3. The van der Waals surface area contributed by atoms with E-state index in [0.717, 1.165) is 10.2 Å². The van der Waals surface area contributed by atoms with Crippen LogP contribution in [-0.4, -0.2) is 26.8 Å². The van der Waals surface area contributed by atoms with Crippen LogP contribution in [0.2, 0.25) is 0 Å². The molecular formula is C13H12FN3O3. The van der Waals surface area contributed by atoms with Gasteiger partial charge < -0.3 is 10.4 Å². The molecular weight excluding hydrogens is 265 g/mol. The zero-order chi connectivity index (χ0) is 14.5. The lowest BCUT2D eigenvalue weighted by Gasteiger charge is -2.07. The molecule has 7 heteroatoms. The molecule has 6 nitrogen and oxygen atoms in total. The monoisotopic (exact) mass is 277 g/mol. The van der Waals surface area contributed by atoms with Gasteiger partial charge in [0.2, 0.25) is 5.91 Å². The zero-order valence-electron chi connectivity index (χ0n) is 10.4. The Morgan fingerprint density at radius 3 is 2.60 bits per heavy atom. The van der Waals surface area contributed by atoms with Crippen LogP contribution in [0.5, 0.6) is 0 Å². The number of halogens is 1. The van der Waals surface area contributed by atoms with Gasteiger partial charge in [-0.15, -0.1) is 0 Å². The molecule has 1 aromatic carbocycles. The molecule has 2 N–H and O–H groups in total. The smallest absolute Gasteiger partial charge is 0.354 e. The molecule has 0 aliphatic rings. The lowest BCUT2D eigenvalue weighted by Crippen LogP contribution is -2.28. The molecule has 2 aromatic rings. The molecule has 2 rings (SSSR count). The van der Waals surface area contributed by atoms with Crippen molar-refractivity contribution in [2.75, 3.05) is 0 Å². The Hall–Kier alpha value is -2.70. The van der Waals surface area contributed by atoms with E-state index in [4.69, 9.17) is 5.11 Å². The summed E-state index contributed by atoms with van der Waals surface area (Å²) in [6.07, 6.45) is 1.32. The van der Waals surface area contributed by atoms with Crippen molar-refractivity contribution in [2.24, 2.45) is 0 Å². The van der Waals surface area contributed by atoms with Gasteiger partial charge >= 0.3 is 5.97 Å². The van der Waals surface area contributed by atoms with Crippen LogP contribution in [0.25, 0.3) is 0 Å². The first-order chi connectivity index (χ1) is 9.56. The maximum atomic E-state index is 12.7. The number of carbonyl (C=O) groups is 2. The SMILES string of the molecule is O=C(Cn1nccc1C(=O)O)NCc1ccc(F)cc1. The number of benzene rings is 1. The van der Waals surface area contributed by atoms with Crippen molar-refractivity contribution in [3.05, 3.63) is 53.6 Å². The Balaban J connectivity index is 1.91. The number of carboxylic acid groups (broad SMARTS) is 1. The molecule has 0 atom stereocenters. The number of amides is 1. The summed E-state index contributed by atoms with van der Waals surface area (Å²) >= 11 is 0. The van der Waals surface area contributed by atoms with Gasteiger partial charge in [0.05, 0.1) is 0 Å². The number of rotatable bonds is 5. The highest BCUT2D eigenvalue weighted by Crippen LogP contribution is 2.02. The molecule has 0 fully saturated rings. The fourth-order valence-electron chi connectivity index (χ4n) is 1.64. The molecule has 0 spiro atoms. The molecule has 20 heavy (non-hydrogen) atoms. The van der Waals surface area contributed by atoms with Crippen molar-refractivity contribution in [2.45, 2.75) is 13.1 Å². The summed E-state index contributed by atoms with van der Waals surface area (Å²) in [5.41, 5.74) is 0.695. The maximum Gasteiger partial charge on any atom is 0.354 e. The van der Waals surface area contributed by atoms with Gasteiger partial charge in [-0.05, 0) is 23.8 Å². The molecule has 0 unspecified atom stereocenters. The summed E-state index contributed by atoms with van der Waals surface area (Å²) < 4.78 is 13.8. The summed E-state index contributed by atoms with van der Waals surface area (Å²) in [6.45, 7) is 0.0542. The molecule has 1 heterocycles. The van der Waals surface area contributed by atoms with E-state index in [1.807, 2.05) is 0 Å². The van der Waals surface area contributed by atoms with Crippen LogP contribution in [0.15, 0.2) is 36.5 Å². The lowest BCUT2D eigenvalue weighted by atomic mass is 10.2. The van der Waals surface area contributed by atoms with E-state index in [2.05, 4.69) is 10.4 Å². The summed E-state index contributed by atoms with van der Waals surface area (Å²) in [6, 6.07) is 7.04. The third-order valence-electron chi connectivity index (χ3n) is 2.63. The van der Waals surface area contributed by atoms with Crippen molar-refractivity contribution in [1.29, 1.82) is 0 Å². The molecule has 1 aromatic heterocycles. The average Bonchev–Trinajstić information content (AvgIpc) is 2.86. The van der Waals surface area contributed by atoms with Crippen LogP contribution in [0.1, 0.15) is 16.1 Å². The van der Waals surface area contributed by atoms with E-state index < -0.39 is 5.97 Å². The van der Waals surface area contributed by atoms with Crippen LogP contribution in [0.4, 0.5) is 4.39 Å². The number of nitrogens with zero attached hydrogens (tertiary/aromatic N) is 2. The summed E-state index contributed by atoms with van der Waals surface area (Å²) in [7, 11) is 0. The second-order valence-electron chi connectivity index (χ2n) is 4.08. The highest BCUT2D eigenvalue weighted by atomic mass is 19.1. The number of carbonyl (C=O) groups excluding carboxylic acids is 1. The summed E-state index contributed by atoms with van der Waals surface area (Å²) in [4.78, 5) is 22.5. The van der Waals surface area contributed by atoms with Crippen molar-refractivity contribution in [1.82, 2.24) is 15.1 Å². The Kier molecular flexibility index (Phi) is 4.09. The van der Waals surface area contributed by atoms with Crippen LogP contribution in [-0.2, 0) is 17.9 Å². The lowest BCUT2D eigenvalue weighted by molar-refractivity contribution is -0.122.